The van der Waals surface area contributed by atoms with E-state index in [9.17, 15) is 4.79 Å². The van der Waals surface area contributed by atoms with Gasteiger partial charge in [-0.1, -0.05) is 12.1 Å². The molecule has 3 heterocycles. The van der Waals surface area contributed by atoms with Gasteiger partial charge in [0.05, 0.1) is 36.7 Å². The van der Waals surface area contributed by atoms with Crippen LogP contribution in [0.15, 0.2) is 30.3 Å². The molecule has 6 rings (SSSR count). The number of nitrogens with zero attached hydrogens (tertiary/aromatic N) is 3. The van der Waals surface area contributed by atoms with Crippen LogP contribution in [0.25, 0.3) is 22.0 Å². The first-order valence-electron chi connectivity index (χ1n) is 14.8. The lowest BCUT2D eigenvalue weighted by atomic mass is 9.97. The van der Waals surface area contributed by atoms with E-state index >= 15 is 4.39 Å². The molecule has 4 aromatic rings. The molecule has 7 nitrogen and oxygen atoms in total. The van der Waals surface area contributed by atoms with E-state index in [1.54, 1.807) is 4.68 Å². The molecule has 0 saturated carbocycles. The van der Waals surface area contributed by atoms with E-state index < -0.39 is 0 Å². The largest absolute Gasteiger partial charge is 0.493 e. The average molecular weight is 560 g/mol. The Morgan fingerprint density at radius 2 is 2.00 bits per heavy atom. The van der Waals surface area contributed by atoms with Gasteiger partial charge in [0.2, 0.25) is 0 Å². The van der Waals surface area contributed by atoms with Crippen molar-refractivity contribution in [3.63, 3.8) is 0 Å². The molecular formula is C33H38FN3O4. The molecule has 0 saturated heterocycles. The van der Waals surface area contributed by atoms with Crippen LogP contribution in [-0.2, 0) is 48.9 Å². The van der Waals surface area contributed by atoms with Gasteiger partial charge < -0.3 is 18.8 Å². The molecule has 0 spiro atoms. The Balaban J connectivity index is 1.44. The van der Waals surface area contributed by atoms with Crippen LogP contribution >= 0.6 is 0 Å². The molecule has 0 unspecified atom stereocenters. The van der Waals surface area contributed by atoms with Crippen molar-refractivity contribution in [1.82, 2.24) is 14.3 Å². The molecular weight excluding hydrogens is 521 g/mol. The van der Waals surface area contributed by atoms with Gasteiger partial charge in [0.1, 0.15) is 17.3 Å². The number of halogens is 1. The quantitative estimate of drug-likeness (QED) is 0.192. The summed E-state index contributed by atoms with van der Waals surface area (Å²) in [5.41, 5.74) is 7.59. The molecule has 0 amide bonds. The number of carbonyl (C=O) groups is 1. The van der Waals surface area contributed by atoms with Crippen molar-refractivity contribution < 1.29 is 23.4 Å². The third-order valence-corrected chi connectivity index (χ3v) is 8.43. The molecule has 1 aliphatic carbocycles. The minimum Gasteiger partial charge on any atom is -0.493 e. The maximum absolute atomic E-state index is 15.9. The second kappa shape index (κ2) is 11.7. The number of esters is 1. The number of aryl methyl sites for hydroxylation is 5. The Morgan fingerprint density at radius 1 is 1.12 bits per heavy atom. The van der Waals surface area contributed by atoms with Gasteiger partial charge in [-0.05, 0) is 93.7 Å². The predicted molar refractivity (Wildman–Crippen MR) is 156 cm³/mol. The molecule has 8 heteroatoms. The number of aromatic nitrogens is 3. The smallest absolute Gasteiger partial charge is 0.355 e. The zero-order valence-corrected chi connectivity index (χ0v) is 24.2. The topological polar surface area (TPSA) is 67.5 Å². The van der Waals surface area contributed by atoms with Crippen LogP contribution in [0.1, 0.15) is 71.2 Å². The maximum atomic E-state index is 15.9. The Labute approximate surface area is 240 Å². The van der Waals surface area contributed by atoms with Gasteiger partial charge in [-0.25, -0.2) is 9.18 Å². The summed E-state index contributed by atoms with van der Waals surface area (Å²) in [6, 6.07) is 9.64. The molecule has 1 aliphatic heterocycles. The maximum Gasteiger partial charge on any atom is 0.355 e. The number of benzene rings is 2. The lowest BCUT2D eigenvalue weighted by Crippen LogP contribution is -2.15. The third kappa shape index (κ3) is 5.03. The van der Waals surface area contributed by atoms with Crippen LogP contribution in [0.3, 0.4) is 0 Å². The van der Waals surface area contributed by atoms with Crippen molar-refractivity contribution >= 4 is 16.9 Å². The summed E-state index contributed by atoms with van der Waals surface area (Å²) in [6.45, 7) is 6.00. The molecule has 2 aromatic carbocycles. The minimum absolute atomic E-state index is 0.267. The van der Waals surface area contributed by atoms with E-state index in [0.717, 1.165) is 64.9 Å². The highest BCUT2D eigenvalue weighted by atomic mass is 19.1. The lowest BCUT2D eigenvalue weighted by molar-refractivity contribution is 0.0512. The van der Waals surface area contributed by atoms with Gasteiger partial charge in [0, 0.05) is 36.7 Å². The second-order valence-electron chi connectivity index (χ2n) is 11.0. The average Bonchev–Trinajstić information content (AvgIpc) is 3.62. The highest BCUT2D eigenvalue weighted by Gasteiger charge is 2.30. The number of rotatable bonds is 7. The van der Waals surface area contributed by atoms with Crippen molar-refractivity contribution in [2.45, 2.75) is 71.9 Å². The van der Waals surface area contributed by atoms with Crippen molar-refractivity contribution in [3.05, 3.63) is 69.9 Å². The van der Waals surface area contributed by atoms with Gasteiger partial charge in [0.15, 0.2) is 0 Å². The molecule has 0 atom stereocenters. The molecule has 2 aromatic heterocycles. The first-order chi connectivity index (χ1) is 20.0. The highest BCUT2D eigenvalue weighted by molar-refractivity contribution is 6.05. The van der Waals surface area contributed by atoms with E-state index in [4.69, 9.17) is 14.2 Å². The van der Waals surface area contributed by atoms with E-state index in [1.165, 1.54) is 23.6 Å². The fraction of sp³-hybridized carbons (Fsp3) is 0.455. The van der Waals surface area contributed by atoms with E-state index in [-0.39, 0.29) is 18.4 Å². The number of ether oxygens (including phenoxy) is 3. The zero-order valence-electron chi connectivity index (χ0n) is 24.2. The van der Waals surface area contributed by atoms with Crippen LogP contribution in [0.2, 0.25) is 0 Å². The highest BCUT2D eigenvalue weighted by Crippen LogP contribution is 2.40. The van der Waals surface area contributed by atoms with E-state index in [1.807, 2.05) is 31.5 Å². The molecule has 2 aliphatic rings. The van der Waals surface area contributed by atoms with Gasteiger partial charge in [-0.3, -0.25) is 4.68 Å². The Hall–Kier alpha value is -3.65. The molecule has 41 heavy (non-hydrogen) atoms. The summed E-state index contributed by atoms with van der Waals surface area (Å²) in [4.78, 5) is 13.5. The molecule has 0 fully saturated rings. The summed E-state index contributed by atoms with van der Waals surface area (Å²) < 4.78 is 37.5. The van der Waals surface area contributed by atoms with Crippen LogP contribution in [0, 0.1) is 12.7 Å². The van der Waals surface area contributed by atoms with Gasteiger partial charge in [-0.15, -0.1) is 0 Å². The number of hydrogen-bond donors (Lipinski definition) is 0. The zero-order chi connectivity index (χ0) is 28.5. The molecule has 0 N–H and O–H groups in total. The third-order valence-electron chi connectivity index (χ3n) is 8.43. The fourth-order valence-electron chi connectivity index (χ4n) is 6.63. The van der Waals surface area contributed by atoms with E-state index in [0.29, 0.717) is 50.5 Å². The van der Waals surface area contributed by atoms with Crippen LogP contribution in [0.4, 0.5) is 4.39 Å². The number of fused-ring (bicyclic) bond motifs is 3. The second-order valence-corrected chi connectivity index (χ2v) is 11.0. The summed E-state index contributed by atoms with van der Waals surface area (Å²) >= 11 is 0. The first-order valence-corrected chi connectivity index (χ1v) is 14.8. The summed E-state index contributed by atoms with van der Waals surface area (Å²) in [6.07, 6.45) is 6.28. The number of hydrogen-bond acceptors (Lipinski definition) is 5. The Bertz CT molecular complexity index is 1600. The van der Waals surface area contributed by atoms with Gasteiger partial charge >= 0.3 is 5.97 Å². The monoisotopic (exact) mass is 559 g/mol. The molecule has 0 radical (unpaired) electrons. The van der Waals surface area contributed by atoms with Crippen molar-refractivity contribution in [2.24, 2.45) is 7.05 Å². The normalized spacial score (nSPS) is 14.9. The fourth-order valence-corrected chi connectivity index (χ4v) is 6.63. The van der Waals surface area contributed by atoms with Gasteiger partial charge in [0.25, 0.3) is 0 Å². The molecule has 0 bridgehead atoms. The summed E-state index contributed by atoms with van der Waals surface area (Å²) in [5.74, 6) is 0.255. The van der Waals surface area contributed by atoms with E-state index in [2.05, 4.69) is 23.3 Å². The summed E-state index contributed by atoms with van der Waals surface area (Å²) in [7, 11) is 1.86. The number of carbonyl (C=O) groups excluding carboxylic acids is 1. The standard InChI is InChI=1S/C33H38FN3O4/c1-4-40-33(38)32-24(13-9-19-41-28-14-8-11-22-10-7-12-23(22)28)25-15-16-26(34)30-29-21(2)35-36(3)27(29)20-39-18-6-5-17-37(32)31(25)30/h8,11,14-16H,4-7,9-10,12-13,17-20H2,1-3H3. The predicted octanol–water partition coefficient (Wildman–Crippen LogP) is 6.48. The Morgan fingerprint density at radius 3 is 2.85 bits per heavy atom. The van der Waals surface area contributed by atoms with Gasteiger partial charge in [-0.2, -0.15) is 5.10 Å². The van der Waals surface area contributed by atoms with Crippen molar-refractivity contribution in [3.8, 4) is 16.9 Å². The summed E-state index contributed by atoms with van der Waals surface area (Å²) in [5, 5.41) is 5.50. The van der Waals surface area contributed by atoms with Crippen molar-refractivity contribution in [2.75, 3.05) is 19.8 Å². The SMILES string of the molecule is CCOC(=O)c1c(CCCOc2cccc3c2CCC3)c2ccc(F)c3c2n1CCCCOCc1c-3c(C)nn1C. The lowest BCUT2D eigenvalue weighted by Gasteiger charge is -2.14. The van der Waals surface area contributed by atoms with Crippen molar-refractivity contribution in [1.29, 1.82) is 0 Å². The first kappa shape index (κ1) is 27.5. The Kier molecular flexibility index (Phi) is 7.84. The minimum atomic E-state index is -0.374. The van der Waals surface area contributed by atoms with Crippen LogP contribution in [0.5, 0.6) is 5.75 Å². The van der Waals surface area contributed by atoms with Crippen LogP contribution in [-0.4, -0.2) is 40.1 Å². The molecule has 216 valence electrons. The van der Waals surface area contributed by atoms with Crippen LogP contribution < -0.4 is 4.74 Å².